The number of nitrogens with zero attached hydrogens (tertiary/aromatic N) is 1. The molecule has 0 bridgehead atoms. The van der Waals surface area contributed by atoms with Gasteiger partial charge >= 0.3 is 0 Å². The molecule has 0 unspecified atom stereocenters. The van der Waals surface area contributed by atoms with Gasteiger partial charge < -0.3 is 41.4 Å². The van der Waals surface area contributed by atoms with Crippen LogP contribution in [-0.4, -0.2) is 15.8 Å². The standard InChI is InChI=1S/HNO3.5H3N.H2O.Ru/c2-1(3)4;;;;;;;/h(H,2,3,4);5*1H3;1H2;. The maximum atomic E-state index is 8.36. The van der Waals surface area contributed by atoms with Crippen LogP contribution in [0.1, 0.15) is 0 Å². The molecule has 0 rings (SSSR count). The first-order valence-electron chi connectivity index (χ1n) is 0.565. The van der Waals surface area contributed by atoms with Gasteiger partial charge in [0.1, 0.15) is 0 Å². The van der Waals surface area contributed by atoms with E-state index >= 15 is 0 Å². The van der Waals surface area contributed by atoms with Gasteiger partial charge in [0, 0.05) is 19.5 Å². The molecule has 0 spiro atoms. The van der Waals surface area contributed by atoms with Gasteiger partial charge in [-0.05, 0) is 0 Å². The Balaban J connectivity index is -0.00000000214. The van der Waals surface area contributed by atoms with E-state index in [0.717, 1.165) is 0 Å². The monoisotopic (exact) mass is 268 g/mol. The summed E-state index contributed by atoms with van der Waals surface area (Å²) < 4.78 is 0. The molecule has 10 nitrogen and oxygen atoms in total. The summed E-state index contributed by atoms with van der Waals surface area (Å²) in [5.41, 5.74) is 0. The molecule has 0 heterocycles. The normalized spacial score (nSPS) is 2.18. The van der Waals surface area contributed by atoms with Gasteiger partial charge in [-0.25, -0.2) is 0 Å². The second kappa shape index (κ2) is 106. The fourth-order valence-electron chi connectivity index (χ4n) is 0. The Hall–Kier alpha value is -0.417. The first-order chi connectivity index (χ1) is 1.73. The van der Waals surface area contributed by atoms with Gasteiger partial charge in [0.05, 0.1) is 0 Å². The van der Waals surface area contributed by atoms with Crippen molar-refractivity contribution in [2.45, 2.75) is 0 Å². The molecule has 0 amide bonds. The van der Waals surface area contributed by atoms with Crippen LogP contribution in [0.2, 0.25) is 0 Å². The third kappa shape index (κ3) is 3180. The minimum Gasteiger partial charge on any atom is -0.412 e. The molecule has 0 aliphatic rings. The van der Waals surface area contributed by atoms with E-state index in [0.29, 0.717) is 0 Å². The second-order valence-electron chi connectivity index (χ2n) is 0.238. The van der Waals surface area contributed by atoms with E-state index < -0.39 is 5.09 Å². The largest absolute Gasteiger partial charge is 0.412 e. The third-order valence-electron chi connectivity index (χ3n) is 0. The minimum absolute atomic E-state index is 0. The zero-order valence-electron chi connectivity index (χ0n) is 6.10. The molecule has 11 heteroatoms. The average Bonchev–Trinajstić information content (AvgIpc) is 0.811. The van der Waals surface area contributed by atoms with Crippen molar-refractivity contribution in [3.8, 4) is 0 Å². The molecule has 0 aliphatic carbocycles. The fourth-order valence-corrected chi connectivity index (χ4v) is 0. The van der Waals surface area contributed by atoms with Crippen LogP contribution in [0.25, 0.3) is 0 Å². The van der Waals surface area contributed by atoms with Crippen LogP contribution in [0, 0.1) is 10.1 Å². The van der Waals surface area contributed by atoms with Crippen LogP contribution in [0.4, 0.5) is 0 Å². The molecule has 0 aliphatic heterocycles. The molecule has 0 radical (unpaired) electrons. The summed E-state index contributed by atoms with van der Waals surface area (Å²) >= 11 is 0. The van der Waals surface area contributed by atoms with Crippen molar-refractivity contribution in [1.82, 2.24) is 30.8 Å². The van der Waals surface area contributed by atoms with Gasteiger partial charge in [-0.15, -0.1) is 10.1 Å². The van der Waals surface area contributed by atoms with E-state index in [2.05, 4.69) is 0 Å². The summed E-state index contributed by atoms with van der Waals surface area (Å²) in [6, 6.07) is 0. The van der Waals surface area contributed by atoms with E-state index in [1.54, 1.807) is 0 Å². The Bertz CT molecular complexity index is 37.6. The fraction of sp³-hybridized carbons (Fsp3) is 0. The molecule has 0 aromatic carbocycles. The Morgan fingerprint density at radius 1 is 1.00 bits per heavy atom. The smallest absolute Gasteiger partial charge is 0.291 e. The van der Waals surface area contributed by atoms with E-state index in [1.807, 2.05) is 0 Å². The topological polar surface area (TPSA) is 270 Å². The van der Waals surface area contributed by atoms with Crippen molar-refractivity contribution in [3.05, 3.63) is 10.1 Å². The molecule has 80 valence electrons. The molecule has 0 saturated heterocycles. The van der Waals surface area contributed by atoms with Gasteiger partial charge in [0.25, 0.3) is 5.09 Å². The van der Waals surface area contributed by atoms with Gasteiger partial charge in [-0.3, -0.25) is 0 Å². The first kappa shape index (κ1) is 146. The van der Waals surface area contributed by atoms with Crippen LogP contribution >= 0.6 is 0 Å². The summed E-state index contributed by atoms with van der Waals surface area (Å²) in [4.78, 5) is 8.36. The first-order valence-corrected chi connectivity index (χ1v) is 0.565. The van der Waals surface area contributed by atoms with Crippen LogP contribution in [0.3, 0.4) is 0 Å². The summed E-state index contributed by atoms with van der Waals surface area (Å²) in [5.74, 6) is 0. The van der Waals surface area contributed by atoms with E-state index in [4.69, 9.17) is 15.3 Å². The van der Waals surface area contributed by atoms with Crippen molar-refractivity contribution in [2.24, 2.45) is 0 Å². The molecule has 18 N–H and O–H groups in total. The predicted molar refractivity (Wildman–Crippen MR) is 37.5 cm³/mol. The Morgan fingerprint density at radius 3 is 1.00 bits per heavy atom. The molecular weight excluding hydrogens is 249 g/mol. The molecule has 0 aromatic rings. The number of hydrogen-bond donors (Lipinski definition) is 6. The quantitative estimate of drug-likeness (QED) is 0.191. The molecule has 0 aromatic heterocycles. The van der Waals surface area contributed by atoms with E-state index in [-0.39, 0.29) is 55.7 Å². The van der Waals surface area contributed by atoms with Gasteiger partial charge in [-0.2, -0.15) is 0 Å². The zero-order chi connectivity index (χ0) is 3.58. The SMILES string of the molecule is N.N.N.N.N.O.O=[N+]([O-])O.[Ru]. The molecule has 0 atom stereocenters. The van der Waals surface area contributed by atoms with Crippen molar-refractivity contribution in [3.63, 3.8) is 0 Å². The van der Waals surface area contributed by atoms with Gasteiger partial charge in [0.2, 0.25) is 0 Å². The van der Waals surface area contributed by atoms with Crippen LogP contribution in [0.15, 0.2) is 0 Å². The predicted octanol–water partition coefficient (Wildman–Crippen LogP) is -0.365. The van der Waals surface area contributed by atoms with E-state index in [1.165, 1.54) is 0 Å². The van der Waals surface area contributed by atoms with Gasteiger partial charge in [0.15, 0.2) is 0 Å². The second-order valence-corrected chi connectivity index (χ2v) is 0.238. The molecular formula is H18N6O4Ru. The number of rotatable bonds is 0. The van der Waals surface area contributed by atoms with Crippen molar-refractivity contribution in [2.75, 3.05) is 0 Å². The molecule has 11 heavy (non-hydrogen) atoms. The van der Waals surface area contributed by atoms with E-state index in [9.17, 15) is 0 Å². The Labute approximate surface area is 76.8 Å². The van der Waals surface area contributed by atoms with Crippen molar-refractivity contribution < 1.29 is 35.2 Å². The maximum Gasteiger partial charge on any atom is 0.291 e. The van der Waals surface area contributed by atoms with Crippen molar-refractivity contribution in [1.29, 1.82) is 0 Å². The maximum absolute atomic E-state index is 8.36. The number of hydrogen-bond acceptors (Lipinski definition) is 7. The van der Waals surface area contributed by atoms with Crippen molar-refractivity contribution >= 4 is 0 Å². The molecule has 0 saturated carbocycles. The summed E-state index contributed by atoms with van der Waals surface area (Å²) in [5, 5.41) is 13.6. The Morgan fingerprint density at radius 2 is 1.00 bits per heavy atom. The zero-order valence-corrected chi connectivity index (χ0v) is 7.84. The summed E-state index contributed by atoms with van der Waals surface area (Å²) in [6.45, 7) is 0. The summed E-state index contributed by atoms with van der Waals surface area (Å²) in [7, 11) is 0. The molecule has 0 fully saturated rings. The Kier molecular flexibility index (Phi) is 1400. The van der Waals surface area contributed by atoms with Crippen LogP contribution in [-0.2, 0) is 19.5 Å². The van der Waals surface area contributed by atoms with Gasteiger partial charge in [-0.1, -0.05) is 0 Å². The summed E-state index contributed by atoms with van der Waals surface area (Å²) in [6.07, 6.45) is 0. The average molecular weight is 267 g/mol. The van der Waals surface area contributed by atoms with Crippen LogP contribution < -0.4 is 30.8 Å². The minimum atomic E-state index is -1.50. The third-order valence-corrected chi connectivity index (χ3v) is 0. The van der Waals surface area contributed by atoms with Crippen LogP contribution in [0.5, 0.6) is 0 Å².